The van der Waals surface area contributed by atoms with E-state index in [1.165, 1.54) is 5.56 Å². The molecule has 1 aromatic heterocycles. The average Bonchev–Trinajstić information content (AvgIpc) is 2.73. The summed E-state index contributed by atoms with van der Waals surface area (Å²) in [6.07, 6.45) is 2.05. The topological polar surface area (TPSA) is 49.2 Å². The number of aromatic amines is 1. The SMILES string of the molecule is CN(CCCS)CCc1ccc2[nH]c(=O)oc2c1. The van der Waals surface area contributed by atoms with Crippen LogP contribution < -0.4 is 5.76 Å². The summed E-state index contributed by atoms with van der Waals surface area (Å²) >= 11 is 4.20. The van der Waals surface area contributed by atoms with Crippen molar-refractivity contribution in [3.8, 4) is 0 Å². The van der Waals surface area contributed by atoms with Crippen molar-refractivity contribution in [3.05, 3.63) is 34.3 Å². The Hall–Kier alpha value is -1.20. The van der Waals surface area contributed by atoms with Crippen LogP contribution in [0.3, 0.4) is 0 Å². The molecule has 0 spiro atoms. The molecular formula is C13H18N2O2S. The number of hydrogen-bond donors (Lipinski definition) is 2. The molecule has 0 saturated carbocycles. The molecule has 0 radical (unpaired) electrons. The summed E-state index contributed by atoms with van der Waals surface area (Å²) < 4.78 is 5.05. The summed E-state index contributed by atoms with van der Waals surface area (Å²) in [6.45, 7) is 2.05. The second-order valence-corrected chi connectivity index (χ2v) is 4.92. The zero-order chi connectivity index (χ0) is 13.0. The molecule has 0 aliphatic rings. The van der Waals surface area contributed by atoms with Gasteiger partial charge in [-0.25, -0.2) is 4.79 Å². The van der Waals surface area contributed by atoms with E-state index in [9.17, 15) is 4.79 Å². The Morgan fingerprint density at radius 2 is 2.22 bits per heavy atom. The van der Waals surface area contributed by atoms with Crippen molar-refractivity contribution in [2.75, 3.05) is 25.9 Å². The molecule has 18 heavy (non-hydrogen) atoms. The van der Waals surface area contributed by atoms with E-state index in [2.05, 4.69) is 29.6 Å². The Morgan fingerprint density at radius 1 is 1.39 bits per heavy atom. The van der Waals surface area contributed by atoms with Gasteiger partial charge in [0.1, 0.15) is 0 Å². The second-order valence-electron chi connectivity index (χ2n) is 4.48. The predicted octanol–water partition coefficient (Wildman–Crippen LogP) is 1.92. The van der Waals surface area contributed by atoms with Gasteiger partial charge < -0.3 is 9.32 Å². The number of rotatable bonds is 6. The van der Waals surface area contributed by atoms with Crippen LogP contribution in [0.15, 0.2) is 27.4 Å². The van der Waals surface area contributed by atoms with Crippen LogP contribution in [-0.2, 0) is 6.42 Å². The molecule has 1 aromatic carbocycles. The highest BCUT2D eigenvalue weighted by Crippen LogP contribution is 2.13. The maximum absolute atomic E-state index is 11.0. The Balaban J connectivity index is 1.97. The molecule has 0 atom stereocenters. The van der Waals surface area contributed by atoms with Gasteiger partial charge in [0, 0.05) is 6.54 Å². The monoisotopic (exact) mass is 266 g/mol. The highest BCUT2D eigenvalue weighted by Gasteiger charge is 2.03. The summed E-state index contributed by atoms with van der Waals surface area (Å²) in [5.41, 5.74) is 2.57. The van der Waals surface area contributed by atoms with Gasteiger partial charge in [-0.2, -0.15) is 12.6 Å². The fraction of sp³-hybridized carbons (Fsp3) is 0.462. The van der Waals surface area contributed by atoms with Crippen LogP contribution in [0.1, 0.15) is 12.0 Å². The lowest BCUT2D eigenvalue weighted by Gasteiger charge is -2.15. The molecule has 0 aliphatic carbocycles. The van der Waals surface area contributed by atoms with Crippen LogP contribution in [0.4, 0.5) is 0 Å². The molecule has 0 unspecified atom stereocenters. The number of aromatic nitrogens is 1. The number of likely N-dealkylation sites (N-methyl/N-ethyl adjacent to an activating group) is 1. The van der Waals surface area contributed by atoms with Crippen molar-refractivity contribution in [2.24, 2.45) is 0 Å². The maximum atomic E-state index is 11.0. The van der Waals surface area contributed by atoms with E-state index in [4.69, 9.17) is 4.42 Å². The summed E-state index contributed by atoms with van der Waals surface area (Å²) in [5, 5.41) is 0. The molecule has 0 bridgehead atoms. The molecular weight excluding hydrogens is 248 g/mol. The Labute approximate surface area is 111 Å². The number of fused-ring (bicyclic) bond motifs is 1. The molecule has 4 nitrogen and oxygen atoms in total. The van der Waals surface area contributed by atoms with Crippen molar-refractivity contribution in [2.45, 2.75) is 12.8 Å². The lowest BCUT2D eigenvalue weighted by Crippen LogP contribution is -2.22. The Bertz CT molecular complexity index is 561. The fourth-order valence-electron chi connectivity index (χ4n) is 1.92. The lowest BCUT2D eigenvalue weighted by molar-refractivity contribution is 0.340. The van der Waals surface area contributed by atoms with E-state index in [1.54, 1.807) is 0 Å². The summed E-state index contributed by atoms with van der Waals surface area (Å²) in [6, 6.07) is 5.85. The normalized spacial score (nSPS) is 11.5. The van der Waals surface area contributed by atoms with Gasteiger partial charge in [-0.1, -0.05) is 6.07 Å². The number of oxazole rings is 1. The van der Waals surface area contributed by atoms with Crippen LogP contribution >= 0.6 is 12.6 Å². The average molecular weight is 266 g/mol. The van der Waals surface area contributed by atoms with E-state index >= 15 is 0 Å². The largest absolute Gasteiger partial charge is 0.417 e. The van der Waals surface area contributed by atoms with Gasteiger partial charge in [-0.15, -0.1) is 0 Å². The van der Waals surface area contributed by atoms with Gasteiger partial charge in [0.25, 0.3) is 0 Å². The molecule has 2 aromatic rings. The smallest absolute Gasteiger partial charge is 0.408 e. The van der Waals surface area contributed by atoms with Gasteiger partial charge in [0.2, 0.25) is 0 Å². The van der Waals surface area contributed by atoms with Crippen LogP contribution in [0.5, 0.6) is 0 Å². The Kier molecular flexibility index (Phi) is 4.49. The van der Waals surface area contributed by atoms with Gasteiger partial charge in [0.05, 0.1) is 5.52 Å². The maximum Gasteiger partial charge on any atom is 0.417 e. The quantitative estimate of drug-likeness (QED) is 0.785. The minimum absolute atomic E-state index is 0.395. The van der Waals surface area contributed by atoms with Crippen molar-refractivity contribution in [1.29, 1.82) is 0 Å². The van der Waals surface area contributed by atoms with Crippen molar-refractivity contribution < 1.29 is 4.42 Å². The van der Waals surface area contributed by atoms with E-state index in [0.29, 0.717) is 5.58 Å². The van der Waals surface area contributed by atoms with E-state index < -0.39 is 5.76 Å². The first-order valence-corrected chi connectivity index (χ1v) is 6.73. The zero-order valence-corrected chi connectivity index (χ0v) is 11.4. The van der Waals surface area contributed by atoms with Gasteiger partial charge >= 0.3 is 5.76 Å². The van der Waals surface area contributed by atoms with Crippen LogP contribution in [0.25, 0.3) is 11.1 Å². The highest BCUT2D eigenvalue weighted by molar-refractivity contribution is 7.80. The van der Waals surface area contributed by atoms with Crippen LogP contribution in [0, 0.1) is 0 Å². The fourth-order valence-corrected chi connectivity index (χ4v) is 2.06. The molecule has 1 heterocycles. The molecule has 2 rings (SSSR count). The van der Waals surface area contributed by atoms with Crippen molar-refractivity contribution >= 4 is 23.7 Å². The molecule has 0 amide bonds. The number of H-pyrrole nitrogens is 1. The predicted molar refractivity (Wildman–Crippen MR) is 76.5 cm³/mol. The standard InChI is InChI=1S/C13H18N2O2S/c1-15(6-2-8-18)7-5-10-3-4-11-12(9-10)17-13(16)14-11/h3-4,9,18H,2,5-8H2,1H3,(H,14,16). The summed E-state index contributed by atoms with van der Waals surface area (Å²) in [5.74, 6) is 0.526. The summed E-state index contributed by atoms with van der Waals surface area (Å²) in [7, 11) is 2.11. The van der Waals surface area contributed by atoms with E-state index in [-0.39, 0.29) is 0 Å². The summed E-state index contributed by atoms with van der Waals surface area (Å²) in [4.78, 5) is 16.0. The third kappa shape index (κ3) is 3.40. The van der Waals surface area contributed by atoms with Crippen LogP contribution in [-0.4, -0.2) is 35.8 Å². The molecule has 5 heteroatoms. The number of benzene rings is 1. The van der Waals surface area contributed by atoms with Gasteiger partial charge in [-0.05, 0) is 49.9 Å². The first-order chi connectivity index (χ1) is 8.69. The number of hydrogen-bond acceptors (Lipinski definition) is 4. The van der Waals surface area contributed by atoms with Crippen LogP contribution in [0.2, 0.25) is 0 Å². The van der Waals surface area contributed by atoms with E-state index in [0.717, 1.165) is 37.2 Å². The van der Waals surface area contributed by atoms with Gasteiger partial charge in [0.15, 0.2) is 5.58 Å². The minimum Gasteiger partial charge on any atom is -0.408 e. The molecule has 0 fully saturated rings. The highest BCUT2D eigenvalue weighted by atomic mass is 32.1. The molecule has 0 aliphatic heterocycles. The number of thiol groups is 1. The van der Waals surface area contributed by atoms with Gasteiger partial charge in [-0.3, -0.25) is 4.98 Å². The third-order valence-corrected chi connectivity index (χ3v) is 3.28. The third-order valence-electron chi connectivity index (χ3n) is 2.97. The number of nitrogens with one attached hydrogen (secondary N) is 1. The zero-order valence-electron chi connectivity index (χ0n) is 10.5. The minimum atomic E-state index is -0.395. The van der Waals surface area contributed by atoms with Crippen molar-refractivity contribution in [1.82, 2.24) is 9.88 Å². The second kappa shape index (κ2) is 6.11. The molecule has 0 saturated heterocycles. The van der Waals surface area contributed by atoms with Crippen molar-refractivity contribution in [3.63, 3.8) is 0 Å². The molecule has 1 N–H and O–H groups in total. The first-order valence-electron chi connectivity index (χ1n) is 6.10. The lowest BCUT2D eigenvalue weighted by atomic mass is 10.1. The number of nitrogens with zero attached hydrogens (tertiary/aromatic N) is 1. The Morgan fingerprint density at radius 3 is 3.00 bits per heavy atom. The first kappa shape index (κ1) is 13.2. The molecule has 98 valence electrons. The van der Waals surface area contributed by atoms with E-state index in [1.807, 2.05) is 18.2 Å².